The molecule has 0 bridgehead atoms. The van der Waals surface area contributed by atoms with E-state index in [-0.39, 0.29) is 0 Å². The van der Waals surface area contributed by atoms with E-state index in [1.165, 1.54) is 11.3 Å². The summed E-state index contributed by atoms with van der Waals surface area (Å²) in [5.74, 6) is 1.20. The summed E-state index contributed by atoms with van der Waals surface area (Å²) in [6.45, 7) is 0. The summed E-state index contributed by atoms with van der Waals surface area (Å²) in [6, 6.07) is 5.41. The number of aliphatic hydroxyl groups is 1. The number of ether oxygens (including phenoxy) is 2. The third kappa shape index (κ3) is 2.25. The quantitative estimate of drug-likeness (QED) is 0.905. The third-order valence-electron chi connectivity index (χ3n) is 2.46. The molecular formula is C12H13NO3S. The predicted molar refractivity (Wildman–Crippen MR) is 65.7 cm³/mol. The minimum absolute atomic E-state index is 0.602. The van der Waals surface area contributed by atoms with Crippen LogP contribution in [-0.4, -0.2) is 24.3 Å². The molecule has 0 amide bonds. The Kier molecular flexibility index (Phi) is 3.61. The Morgan fingerprint density at radius 2 is 1.88 bits per heavy atom. The Morgan fingerprint density at radius 3 is 2.35 bits per heavy atom. The van der Waals surface area contributed by atoms with E-state index in [4.69, 9.17) is 9.47 Å². The largest absolute Gasteiger partial charge is 0.496 e. The van der Waals surface area contributed by atoms with E-state index >= 15 is 0 Å². The lowest BCUT2D eigenvalue weighted by Gasteiger charge is -2.16. The van der Waals surface area contributed by atoms with E-state index < -0.39 is 6.10 Å². The van der Waals surface area contributed by atoms with Gasteiger partial charge >= 0.3 is 0 Å². The van der Waals surface area contributed by atoms with E-state index in [2.05, 4.69) is 4.98 Å². The van der Waals surface area contributed by atoms with E-state index in [1.807, 2.05) is 6.07 Å². The Labute approximate surface area is 103 Å². The van der Waals surface area contributed by atoms with Crippen LogP contribution < -0.4 is 9.47 Å². The van der Waals surface area contributed by atoms with Gasteiger partial charge in [0.1, 0.15) is 17.6 Å². The van der Waals surface area contributed by atoms with Gasteiger partial charge in [-0.05, 0) is 12.1 Å². The lowest BCUT2D eigenvalue weighted by Crippen LogP contribution is -2.03. The zero-order valence-electron chi connectivity index (χ0n) is 9.58. The standard InChI is InChI=1S/C12H13NO3S/c1-15-8-4-3-5-9(16-2)11(8)12(14)10-6-13-7-17-10/h3-7,12,14H,1-2H3. The minimum Gasteiger partial charge on any atom is -0.496 e. The van der Waals surface area contributed by atoms with Gasteiger partial charge in [0.05, 0.1) is 30.2 Å². The van der Waals surface area contributed by atoms with E-state index in [9.17, 15) is 5.11 Å². The average Bonchev–Trinajstić information content (AvgIpc) is 2.90. The molecule has 4 nitrogen and oxygen atoms in total. The van der Waals surface area contributed by atoms with Gasteiger partial charge in [0.25, 0.3) is 0 Å². The first kappa shape index (κ1) is 11.9. The van der Waals surface area contributed by atoms with Gasteiger partial charge in [0, 0.05) is 6.20 Å². The topological polar surface area (TPSA) is 51.6 Å². The minimum atomic E-state index is -0.784. The Bertz CT molecular complexity index is 462. The number of thiazole rings is 1. The fourth-order valence-corrected chi connectivity index (χ4v) is 2.26. The number of aliphatic hydroxyl groups excluding tert-OH is 1. The zero-order valence-corrected chi connectivity index (χ0v) is 10.4. The van der Waals surface area contributed by atoms with Crippen LogP contribution in [0.25, 0.3) is 0 Å². The first-order valence-corrected chi connectivity index (χ1v) is 5.93. The van der Waals surface area contributed by atoms with E-state index in [1.54, 1.807) is 38.1 Å². The molecule has 0 aliphatic heterocycles. The maximum Gasteiger partial charge on any atom is 0.128 e. The normalized spacial score (nSPS) is 12.2. The van der Waals surface area contributed by atoms with Crippen LogP contribution in [0, 0.1) is 0 Å². The number of hydrogen-bond acceptors (Lipinski definition) is 5. The molecule has 2 aromatic rings. The molecule has 0 spiro atoms. The van der Waals surface area contributed by atoms with Crippen LogP contribution in [0.15, 0.2) is 29.9 Å². The van der Waals surface area contributed by atoms with Crippen molar-refractivity contribution in [2.75, 3.05) is 14.2 Å². The van der Waals surface area contributed by atoms with E-state index in [0.29, 0.717) is 17.1 Å². The highest BCUT2D eigenvalue weighted by Gasteiger charge is 2.21. The number of aromatic nitrogens is 1. The molecule has 0 saturated heterocycles. The molecule has 1 heterocycles. The first-order valence-electron chi connectivity index (χ1n) is 5.05. The smallest absolute Gasteiger partial charge is 0.128 e. The molecule has 1 aromatic carbocycles. The number of methoxy groups -OCH3 is 2. The van der Waals surface area contributed by atoms with Crippen LogP contribution in [0.4, 0.5) is 0 Å². The zero-order chi connectivity index (χ0) is 12.3. The Hall–Kier alpha value is -1.59. The maximum absolute atomic E-state index is 10.3. The molecule has 0 fully saturated rings. The maximum atomic E-state index is 10.3. The molecule has 2 rings (SSSR count). The van der Waals surface area contributed by atoms with Crippen molar-refractivity contribution in [2.45, 2.75) is 6.10 Å². The molecule has 1 unspecified atom stereocenters. The molecule has 17 heavy (non-hydrogen) atoms. The van der Waals surface area contributed by atoms with Crippen molar-refractivity contribution in [3.05, 3.63) is 40.3 Å². The number of benzene rings is 1. The van der Waals surface area contributed by atoms with Crippen molar-refractivity contribution in [3.8, 4) is 11.5 Å². The van der Waals surface area contributed by atoms with Crippen molar-refractivity contribution < 1.29 is 14.6 Å². The van der Waals surface area contributed by atoms with Gasteiger partial charge in [0.15, 0.2) is 0 Å². The lowest BCUT2D eigenvalue weighted by molar-refractivity contribution is 0.212. The average molecular weight is 251 g/mol. The third-order valence-corrected chi connectivity index (χ3v) is 3.29. The van der Waals surface area contributed by atoms with Gasteiger partial charge in [-0.2, -0.15) is 0 Å². The van der Waals surface area contributed by atoms with Crippen molar-refractivity contribution in [3.63, 3.8) is 0 Å². The van der Waals surface area contributed by atoms with Crippen LogP contribution in [0.3, 0.4) is 0 Å². The van der Waals surface area contributed by atoms with Gasteiger partial charge in [-0.25, -0.2) is 0 Å². The molecule has 0 saturated carbocycles. The summed E-state index contributed by atoms with van der Waals surface area (Å²) in [5.41, 5.74) is 2.31. The molecule has 0 radical (unpaired) electrons. The SMILES string of the molecule is COc1cccc(OC)c1C(O)c1cncs1. The van der Waals surface area contributed by atoms with Gasteiger partial charge in [0.2, 0.25) is 0 Å². The summed E-state index contributed by atoms with van der Waals surface area (Å²) < 4.78 is 10.5. The van der Waals surface area contributed by atoms with Gasteiger partial charge < -0.3 is 14.6 Å². The molecule has 0 aliphatic carbocycles. The van der Waals surface area contributed by atoms with Crippen molar-refractivity contribution in [1.82, 2.24) is 4.98 Å². The highest BCUT2D eigenvalue weighted by molar-refractivity contribution is 7.09. The number of hydrogen-bond donors (Lipinski definition) is 1. The van der Waals surface area contributed by atoms with Gasteiger partial charge in [-0.15, -0.1) is 11.3 Å². The summed E-state index contributed by atoms with van der Waals surface area (Å²) in [7, 11) is 3.13. The molecule has 5 heteroatoms. The first-order chi connectivity index (χ1) is 8.27. The number of nitrogens with zero attached hydrogens (tertiary/aromatic N) is 1. The van der Waals surface area contributed by atoms with Crippen LogP contribution in [0.2, 0.25) is 0 Å². The fraction of sp³-hybridized carbons (Fsp3) is 0.250. The van der Waals surface area contributed by atoms with Crippen LogP contribution in [0.5, 0.6) is 11.5 Å². The second-order valence-electron chi connectivity index (χ2n) is 3.38. The van der Waals surface area contributed by atoms with Crippen molar-refractivity contribution in [1.29, 1.82) is 0 Å². The summed E-state index contributed by atoms with van der Waals surface area (Å²) in [6.07, 6.45) is 0.856. The fourth-order valence-electron chi connectivity index (χ4n) is 1.65. The van der Waals surface area contributed by atoms with Crippen LogP contribution in [-0.2, 0) is 0 Å². The van der Waals surface area contributed by atoms with Gasteiger partial charge in [-0.3, -0.25) is 4.98 Å². The van der Waals surface area contributed by atoms with Gasteiger partial charge in [-0.1, -0.05) is 6.07 Å². The van der Waals surface area contributed by atoms with Crippen LogP contribution >= 0.6 is 11.3 Å². The summed E-state index contributed by atoms with van der Waals surface area (Å²) >= 11 is 1.39. The monoisotopic (exact) mass is 251 g/mol. The molecular weight excluding hydrogens is 238 g/mol. The van der Waals surface area contributed by atoms with Crippen LogP contribution in [0.1, 0.15) is 16.5 Å². The predicted octanol–water partition coefficient (Wildman–Crippen LogP) is 2.24. The van der Waals surface area contributed by atoms with Crippen molar-refractivity contribution >= 4 is 11.3 Å². The molecule has 1 atom stereocenters. The highest BCUT2D eigenvalue weighted by atomic mass is 32.1. The Balaban J connectivity index is 2.49. The van der Waals surface area contributed by atoms with E-state index in [0.717, 1.165) is 4.88 Å². The molecule has 1 aromatic heterocycles. The highest BCUT2D eigenvalue weighted by Crippen LogP contribution is 2.38. The molecule has 90 valence electrons. The molecule has 1 N–H and O–H groups in total. The molecule has 0 aliphatic rings. The second kappa shape index (κ2) is 5.16. The lowest BCUT2D eigenvalue weighted by atomic mass is 10.1. The van der Waals surface area contributed by atoms with Crippen molar-refractivity contribution in [2.24, 2.45) is 0 Å². The summed E-state index contributed by atoms with van der Waals surface area (Å²) in [5, 5.41) is 10.3. The Morgan fingerprint density at radius 1 is 1.24 bits per heavy atom. The summed E-state index contributed by atoms with van der Waals surface area (Å²) in [4.78, 5) is 4.71. The number of rotatable bonds is 4. The second-order valence-corrected chi connectivity index (χ2v) is 4.30.